The monoisotopic (exact) mass is 204 g/mol. The lowest BCUT2D eigenvalue weighted by molar-refractivity contribution is 0.419. The van der Waals surface area contributed by atoms with Crippen molar-refractivity contribution in [2.75, 3.05) is 7.11 Å². The second-order valence-corrected chi connectivity index (χ2v) is 3.69. The van der Waals surface area contributed by atoms with Gasteiger partial charge in [-0.2, -0.15) is 0 Å². The maximum atomic E-state index is 5.73. The highest BCUT2D eigenvalue weighted by Crippen LogP contribution is 2.28. The van der Waals surface area contributed by atoms with Crippen molar-refractivity contribution in [3.05, 3.63) is 30.0 Å². The Morgan fingerprint density at radius 1 is 1.33 bits per heavy atom. The Labute approximate surface area is 89.8 Å². The molecule has 1 aromatic carbocycles. The van der Waals surface area contributed by atoms with Crippen molar-refractivity contribution in [2.45, 2.75) is 26.2 Å². The number of fused-ring (bicyclic) bond motifs is 1. The van der Waals surface area contributed by atoms with E-state index in [-0.39, 0.29) is 0 Å². The fourth-order valence-corrected chi connectivity index (χ4v) is 1.74. The van der Waals surface area contributed by atoms with Gasteiger partial charge in [0.05, 0.1) is 12.5 Å². The zero-order valence-corrected chi connectivity index (χ0v) is 9.25. The first-order valence-electron chi connectivity index (χ1n) is 5.40. The minimum absolute atomic E-state index is 0.888. The zero-order chi connectivity index (χ0) is 10.7. The molecule has 0 saturated carbocycles. The number of hydrogen-bond acceptors (Lipinski definition) is 2. The van der Waals surface area contributed by atoms with E-state index in [0.29, 0.717) is 0 Å². The normalized spacial score (nSPS) is 10.8. The molecule has 0 fully saturated rings. The number of benzene rings is 1. The smallest absolute Gasteiger partial charge is 0.138 e. The fraction of sp³-hybridized carbons (Fsp3) is 0.385. The summed E-state index contributed by atoms with van der Waals surface area (Å²) in [7, 11) is 1.69. The standard InChI is InChI=1S/C13H16O2/c1-3-4-6-10-9-11-12(14-2)7-5-8-13(11)15-10/h5,7-9H,3-4,6H2,1-2H3. The van der Waals surface area contributed by atoms with E-state index in [1.165, 1.54) is 12.8 Å². The minimum atomic E-state index is 0.888. The number of ether oxygens (including phenoxy) is 1. The summed E-state index contributed by atoms with van der Waals surface area (Å²) >= 11 is 0. The van der Waals surface area contributed by atoms with Crippen LogP contribution in [0.25, 0.3) is 11.0 Å². The van der Waals surface area contributed by atoms with E-state index in [1.807, 2.05) is 18.2 Å². The van der Waals surface area contributed by atoms with E-state index in [9.17, 15) is 0 Å². The largest absolute Gasteiger partial charge is 0.496 e. The van der Waals surface area contributed by atoms with Crippen LogP contribution in [0.2, 0.25) is 0 Å². The van der Waals surface area contributed by atoms with E-state index in [0.717, 1.165) is 28.9 Å². The Morgan fingerprint density at radius 3 is 2.93 bits per heavy atom. The third kappa shape index (κ3) is 1.99. The van der Waals surface area contributed by atoms with Crippen molar-refractivity contribution >= 4 is 11.0 Å². The highest BCUT2D eigenvalue weighted by Gasteiger charge is 2.07. The molecule has 0 aliphatic heterocycles. The lowest BCUT2D eigenvalue weighted by Gasteiger charge is -1.98. The maximum absolute atomic E-state index is 5.73. The molecule has 0 saturated heterocycles. The third-order valence-electron chi connectivity index (χ3n) is 2.57. The van der Waals surface area contributed by atoms with Crippen LogP contribution in [-0.2, 0) is 6.42 Å². The SMILES string of the molecule is CCCCc1cc2c(OC)cccc2o1. The molecule has 1 aromatic heterocycles. The van der Waals surface area contributed by atoms with Gasteiger partial charge in [0.2, 0.25) is 0 Å². The Hall–Kier alpha value is -1.44. The quantitative estimate of drug-likeness (QED) is 0.756. The highest BCUT2D eigenvalue weighted by molar-refractivity contribution is 5.84. The van der Waals surface area contributed by atoms with Gasteiger partial charge in [0.25, 0.3) is 0 Å². The van der Waals surface area contributed by atoms with Crippen LogP contribution in [0.1, 0.15) is 25.5 Å². The first kappa shape index (κ1) is 10.1. The van der Waals surface area contributed by atoms with Crippen LogP contribution in [-0.4, -0.2) is 7.11 Å². The topological polar surface area (TPSA) is 22.4 Å². The Kier molecular flexibility index (Phi) is 2.95. The second-order valence-electron chi connectivity index (χ2n) is 3.69. The molecular weight excluding hydrogens is 188 g/mol. The Balaban J connectivity index is 2.37. The lowest BCUT2D eigenvalue weighted by Crippen LogP contribution is -1.81. The van der Waals surface area contributed by atoms with Crippen molar-refractivity contribution in [1.29, 1.82) is 0 Å². The molecule has 0 aliphatic rings. The van der Waals surface area contributed by atoms with E-state index in [1.54, 1.807) is 7.11 Å². The molecule has 2 aromatic rings. The molecule has 0 spiro atoms. The predicted octanol–water partition coefficient (Wildman–Crippen LogP) is 3.78. The first-order chi connectivity index (χ1) is 7.35. The summed E-state index contributed by atoms with van der Waals surface area (Å²) in [5.74, 6) is 1.94. The van der Waals surface area contributed by atoms with Crippen LogP contribution in [0.3, 0.4) is 0 Å². The van der Waals surface area contributed by atoms with Gasteiger partial charge in [-0.05, 0) is 24.6 Å². The number of unbranched alkanes of at least 4 members (excludes halogenated alkanes) is 1. The van der Waals surface area contributed by atoms with Crippen molar-refractivity contribution in [3.8, 4) is 5.75 Å². The number of aryl methyl sites for hydroxylation is 1. The molecule has 2 nitrogen and oxygen atoms in total. The van der Waals surface area contributed by atoms with Crippen molar-refractivity contribution < 1.29 is 9.15 Å². The molecule has 0 amide bonds. The first-order valence-corrected chi connectivity index (χ1v) is 5.40. The van der Waals surface area contributed by atoms with Gasteiger partial charge in [-0.15, -0.1) is 0 Å². The number of methoxy groups -OCH3 is 1. The van der Waals surface area contributed by atoms with Crippen molar-refractivity contribution in [1.82, 2.24) is 0 Å². The average Bonchev–Trinajstić information content (AvgIpc) is 2.68. The fourth-order valence-electron chi connectivity index (χ4n) is 1.74. The second kappa shape index (κ2) is 4.39. The molecule has 0 atom stereocenters. The molecule has 80 valence electrons. The van der Waals surface area contributed by atoms with Crippen molar-refractivity contribution in [3.63, 3.8) is 0 Å². The van der Waals surface area contributed by atoms with Crippen LogP contribution >= 0.6 is 0 Å². The molecule has 2 rings (SSSR count). The Morgan fingerprint density at radius 2 is 2.20 bits per heavy atom. The summed E-state index contributed by atoms with van der Waals surface area (Å²) in [6.45, 7) is 2.18. The Bertz CT molecular complexity index is 443. The van der Waals surface area contributed by atoms with E-state index in [4.69, 9.17) is 9.15 Å². The van der Waals surface area contributed by atoms with Gasteiger partial charge in [0.1, 0.15) is 17.1 Å². The number of furan rings is 1. The molecule has 0 radical (unpaired) electrons. The van der Waals surface area contributed by atoms with Gasteiger partial charge in [-0.1, -0.05) is 19.4 Å². The molecular formula is C13H16O2. The van der Waals surface area contributed by atoms with Crippen molar-refractivity contribution in [2.24, 2.45) is 0 Å². The van der Waals surface area contributed by atoms with Gasteiger partial charge < -0.3 is 9.15 Å². The predicted molar refractivity (Wildman–Crippen MR) is 61.4 cm³/mol. The van der Waals surface area contributed by atoms with Gasteiger partial charge in [0.15, 0.2) is 0 Å². The number of rotatable bonds is 4. The zero-order valence-electron chi connectivity index (χ0n) is 9.25. The van der Waals surface area contributed by atoms with Crippen LogP contribution in [0.15, 0.2) is 28.7 Å². The summed E-state index contributed by atoms with van der Waals surface area (Å²) in [5.41, 5.74) is 0.917. The summed E-state index contributed by atoms with van der Waals surface area (Å²) < 4.78 is 11.0. The summed E-state index contributed by atoms with van der Waals surface area (Å²) in [6, 6.07) is 7.98. The van der Waals surface area contributed by atoms with Crippen LogP contribution in [0, 0.1) is 0 Å². The van der Waals surface area contributed by atoms with Crippen LogP contribution in [0.4, 0.5) is 0 Å². The van der Waals surface area contributed by atoms with E-state index in [2.05, 4.69) is 13.0 Å². The molecule has 15 heavy (non-hydrogen) atoms. The minimum Gasteiger partial charge on any atom is -0.496 e. The van der Waals surface area contributed by atoms with Gasteiger partial charge in [0, 0.05) is 6.42 Å². The van der Waals surface area contributed by atoms with Crippen LogP contribution < -0.4 is 4.74 Å². The van der Waals surface area contributed by atoms with Gasteiger partial charge in [-0.25, -0.2) is 0 Å². The maximum Gasteiger partial charge on any atom is 0.138 e. The molecule has 0 unspecified atom stereocenters. The average molecular weight is 204 g/mol. The van der Waals surface area contributed by atoms with Gasteiger partial charge in [-0.3, -0.25) is 0 Å². The van der Waals surface area contributed by atoms with E-state index >= 15 is 0 Å². The van der Waals surface area contributed by atoms with E-state index < -0.39 is 0 Å². The molecule has 0 N–H and O–H groups in total. The lowest BCUT2D eigenvalue weighted by atomic mass is 10.2. The molecule has 1 heterocycles. The molecule has 0 aliphatic carbocycles. The summed E-state index contributed by atoms with van der Waals surface area (Å²) in [4.78, 5) is 0. The molecule has 2 heteroatoms. The summed E-state index contributed by atoms with van der Waals surface area (Å²) in [6.07, 6.45) is 3.37. The van der Waals surface area contributed by atoms with Gasteiger partial charge >= 0.3 is 0 Å². The van der Waals surface area contributed by atoms with Crippen LogP contribution in [0.5, 0.6) is 5.75 Å². The summed E-state index contributed by atoms with van der Waals surface area (Å²) in [5, 5.41) is 1.08. The highest BCUT2D eigenvalue weighted by atomic mass is 16.5. The number of hydrogen-bond donors (Lipinski definition) is 0. The molecule has 0 bridgehead atoms. The third-order valence-corrected chi connectivity index (χ3v) is 2.57.